The zero-order valence-corrected chi connectivity index (χ0v) is 14.7. The van der Waals surface area contributed by atoms with Crippen LogP contribution in [0, 0.1) is 12.8 Å². The van der Waals surface area contributed by atoms with Crippen LogP contribution in [0.4, 0.5) is 0 Å². The highest BCUT2D eigenvalue weighted by Crippen LogP contribution is 2.43. The monoisotopic (exact) mass is 339 g/mol. The summed E-state index contributed by atoms with van der Waals surface area (Å²) in [6.45, 7) is 4.26. The van der Waals surface area contributed by atoms with Crippen LogP contribution >= 0.6 is 11.3 Å². The van der Waals surface area contributed by atoms with Gasteiger partial charge in [0.1, 0.15) is 5.01 Å². The van der Waals surface area contributed by atoms with E-state index in [1.165, 1.54) is 22.7 Å². The number of para-hydroxylation sites is 1. The minimum atomic E-state index is 0.136. The maximum absolute atomic E-state index is 4.59. The summed E-state index contributed by atoms with van der Waals surface area (Å²) in [5.41, 5.74) is 1.98. The first kappa shape index (κ1) is 15.5. The number of hydrogen-bond acceptors (Lipinski definition) is 5. The van der Waals surface area contributed by atoms with Crippen LogP contribution in [0.1, 0.15) is 47.4 Å². The molecule has 4 rings (SSSR count). The second kappa shape index (κ2) is 6.45. The van der Waals surface area contributed by atoms with Crippen molar-refractivity contribution in [2.75, 3.05) is 0 Å². The molecule has 0 unspecified atom stereocenters. The molecule has 2 atom stereocenters. The van der Waals surface area contributed by atoms with Gasteiger partial charge in [0.15, 0.2) is 0 Å². The Hall–Kier alpha value is -2.05. The summed E-state index contributed by atoms with van der Waals surface area (Å²) in [4.78, 5) is 5.86. The minimum Gasteiger partial charge on any atom is -0.299 e. The minimum absolute atomic E-state index is 0.136. The largest absolute Gasteiger partial charge is 0.299 e. The zero-order chi connectivity index (χ0) is 16.5. The molecule has 3 aromatic rings. The van der Waals surface area contributed by atoms with Crippen LogP contribution in [0.25, 0.3) is 5.69 Å². The molecule has 1 fully saturated rings. The molecule has 0 spiro atoms. The lowest BCUT2D eigenvalue weighted by Crippen LogP contribution is -2.26. The first-order valence-corrected chi connectivity index (χ1v) is 9.18. The highest BCUT2D eigenvalue weighted by molar-refractivity contribution is 7.11. The van der Waals surface area contributed by atoms with E-state index in [4.69, 9.17) is 0 Å². The van der Waals surface area contributed by atoms with E-state index in [-0.39, 0.29) is 6.04 Å². The van der Waals surface area contributed by atoms with Gasteiger partial charge in [0.2, 0.25) is 0 Å². The summed E-state index contributed by atoms with van der Waals surface area (Å²) in [7, 11) is 0. The Bertz CT molecular complexity index is 806. The van der Waals surface area contributed by atoms with Gasteiger partial charge in [0.25, 0.3) is 0 Å². The number of nitrogens with one attached hydrogen (secondary N) is 1. The number of thiazole rings is 1. The van der Waals surface area contributed by atoms with Crippen molar-refractivity contribution in [2.24, 2.45) is 5.92 Å². The van der Waals surface area contributed by atoms with Gasteiger partial charge < -0.3 is 0 Å². The van der Waals surface area contributed by atoms with Crippen LogP contribution < -0.4 is 5.32 Å². The van der Waals surface area contributed by atoms with E-state index in [2.05, 4.69) is 34.5 Å². The second-order valence-electron chi connectivity index (χ2n) is 6.44. The summed E-state index contributed by atoms with van der Waals surface area (Å²) in [5, 5.41) is 13.5. The molecule has 2 heterocycles. The van der Waals surface area contributed by atoms with E-state index >= 15 is 0 Å². The van der Waals surface area contributed by atoms with Gasteiger partial charge in [-0.15, -0.1) is 16.4 Å². The summed E-state index contributed by atoms with van der Waals surface area (Å²) in [6, 6.07) is 10.5. The fraction of sp³-hybridized carbons (Fsp3) is 0.389. The fourth-order valence-electron chi connectivity index (χ4n) is 2.89. The molecule has 0 bridgehead atoms. The first-order valence-electron chi connectivity index (χ1n) is 8.37. The molecule has 24 heavy (non-hydrogen) atoms. The van der Waals surface area contributed by atoms with Gasteiger partial charge >= 0.3 is 0 Å². The molecule has 1 N–H and O–H groups in total. The van der Waals surface area contributed by atoms with E-state index in [1.807, 2.05) is 47.4 Å². The lowest BCUT2D eigenvalue weighted by atomic mass is 10.1. The molecule has 0 aliphatic heterocycles. The third kappa shape index (κ3) is 3.25. The third-order valence-corrected chi connectivity index (χ3v) is 5.40. The van der Waals surface area contributed by atoms with Crippen LogP contribution in [0.15, 0.2) is 42.7 Å². The van der Waals surface area contributed by atoms with Gasteiger partial charge in [0.05, 0.1) is 29.7 Å². The number of aromatic nitrogens is 4. The zero-order valence-electron chi connectivity index (χ0n) is 13.9. The van der Waals surface area contributed by atoms with Gasteiger partial charge in [-0.1, -0.05) is 23.4 Å². The molecule has 5 nitrogen and oxygen atoms in total. The molecule has 1 aliphatic carbocycles. The maximum atomic E-state index is 4.59. The predicted molar refractivity (Wildman–Crippen MR) is 95.2 cm³/mol. The van der Waals surface area contributed by atoms with Gasteiger partial charge in [0, 0.05) is 11.1 Å². The molecule has 0 radical (unpaired) electrons. The molecule has 1 saturated carbocycles. The van der Waals surface area contributed by atoms with Crippen molar-refractivity contribution in [3.8, 4) is 5.69 Å². The number of nitrogens with zero attached hydrogens (tertiary/aromatic N) is 4. The highest BCUT2D eigenvalue weighted by Gasteiger charge is 2.35. The number of rotatable bonds is 6. The van der Waals surface area contributed by atoms with Crippen molar-refractivity contribution in [1.82, 2.24) is 25.3 Å². The van der Waals surface area contributed by atoms with Crippen LogP contribution in [0.3, 0.4) is 0 Å². The van der Waals surface area contributed by atoms with Gasteiger partial charge in [-0.05, 0) is 44.7 Å². The molecule has 1 aliphatic rings. The number of hydrogen-bond donors (Lipinski definition) is 1. The van der Waals surface area contributed by atoms with Crippen molar-refractivity contribution in [3.63, 3.8) is 0 Å². The lowest BCUT2D eigenvalue weighted by molar-refractivity contribution is 0.420. The molecule has 6 heteroatoms. The molecular weight excluding hydrogens is 318 g/mol. The van der Waals surface area contributed by atoms with Crippen molar-refractivity contribution in [3.05, 3.63) is 58.3 Å². The summed E-state index contributed by atoms with van der Waals surface area (Å²) in [6.07, 6.45) is 6.52. The van der Waals surface area contributed by atoms with Gasteiger partial charge in [-0.25, -0.2) is 9.67 Å². The van der Waals surface area contributed by atoms with Crippen LogP contribution in [-0.4, -0.2) is 20.0 Å². The Morgan fingerprint density at radius 2 is 2.04 bits per heavy atom. The molecule has 0 amide bonds. The number of benzene rings is 1. The topological polar surface area (TPSA) is 55.6 Å². The van der Waals surface area contributed by atoms with Crippen molar-refractivity contribution >= 4 is 11.3 Å². The number of aryl methyl sites for hydroxylation is 1. The molecule has 1 aromatic carbocycles. The van der Waals surface area contributed by atoms with E-state index in [9.17, 15) is 0 Å². The fourth-order valence-corrected chi connectivity index (χ4v) is 3.82. The van der Waals surface area contributed by atoms with E-state index in [1.54, 1.807) is 11.3 Å². The Balaban J connectivity index is 1.51. The lowest BCUT2D eigenvalue weighted by Gasteiger charge is -2.20. The highest BCUT2D eigenvalue weighted by atomic mass is 32.1. The normalized spacial score (nSPS) is 16.9. The van der Waals surface area contributed by atoms with E-state index in [0.29, 0.717) is 12.0 Å². The van der Waals surface area contributed by atoms with E-state index in [0.717, 1.165) is 11.4 Å². The second-order valence-corrected chi connectivity index (χ2v) is 7.70. The van der Waals surface area contributed by atoms with Crippen LogP contribution in [0.2, 0.25) is 0 Å². The van der Waals surface area contributed by atoms with Crippen molar-refractivity contribution < 1.29 is 0 Å². The SMILES string of the molecule is Cc1cnc([C@H](N[C@H](C)c2cn(-c3ccccc3)nn2)C2CC2)s1. The Morgan fingerprint density at radius 1 is 1.25 bits per heavy atom. The molecule has 2 aromatic heterocycles. The third-order valence-electron chi connectivity index (χ3n) is 4.40. The van der Waals surface area contributed by atoms with Gasteiger partial charge in [-0.3, -0.25) is 5.32 Å². The van der Waals surface area contributed by atoms with Crippen molar-refractivity contribution in [1.29, 1.82) is 0 Å². The summed E-state index contributed by atoms with van der Waals surface area (Å²) >= 11 is 1.79. The summed E-state index contributed by atoms with van der Waals surface area (Å²) in [5.74, 6) is 0.696. The Kier molecular flexibility index (Phi) is 4.16. The average Bonchev–Trinajstić information content (AvgIpc) is 3.15. The standard InChI is InChI=1S/C18H21N5S/c1-12-10-19-18(24-12)17(14-8-9-14)20-13(2)16-11-23(22-21-16)15-6-4-3-5-7-15/h3-7,10-11,13-14,17,20H,8-9H2,1-2H3/t13-,17-/m1/s1. The summed E-state index contributed by atoms with van der Waals surface area (Å²) < 4.78 is 1.83. The smallest absolute Gasteiger partial charge is 0.110 e. The molecule has 124 valence electrons. The van der Waals surface area contributed by atoms with Gasteiger partial charge in [-0.2, -0.15) is 0 Å². The quantitative estimate of drug-likeness (QED) is 0.741. The average molecular weight is 339 g/mol. The van der Waals surface area contributed by atoms with E-state index < -0.39 is 0 Å². The van der Waals surface area contributed by atoms with Crippen molar-refractivity contribution in [2.45, 2.75) is 38.8 Å². The molecule has 0 saturated heterocycles. The maximum Gasteiger partial charge on any atom is 0.110 e. The molecular formula is C18H21N5S. The predicted octanol–water partition coefficient (Wildman–Crippen LogP) is 3.83. The first-order chi connectivity index (χ1) is 11.7. The Morgan fingerprint density at radius 3 is 2.71 bits per heavy atom. The van der Waals surface area contributed by atoms with Crippen LogP contribution in [0.5, 0.6) is 0 Å². The Labute approximate surface area is 145 Å². The van der Waals surface area contributed by atoms with Crippen LogP contribution in [-0.2, 0) is 0 Å².